The van der Waals surface area contributed by atoms with Crippen LogP contribution in [0.25, 0.3) is 10.6 Å². The van der Waals surface area contributed by atoms with Gasteiger partial charge in [-0.15, -0.1) is 11.3 Å². The molecule has 2 aromatic heterocycles. The third kappa shape index (κ3) is 6.34. The molecule has 2 aliphatic heterocycles. The molecule has 0 radical (unpaired) electrons. The van der Waals surface area contributed by atoms with Gasteiger partial charge in [-0.05, 0) is 106 Å². The Balaban J connectivity index is 1.56. The van der Waals surface area contributed by atoms with Gasteiger partial charge < -0.3 is 15.5 Å². The quantitative estimate of drug-likeness (QED) is 0.192. The van der Waals surface area contributed by atoms with Crippen LogP contribution in [0.2, 0.25) is 0 Å². The molecule has 176 valence electrons. The van der Waals surface area contributed by atoms with Crippen molar-refractivity contribution in [3.63, 3.8) is 0 Å². The number of halogens is 4. The number of hydrogen-bond acceptors (Lipinski definition) is 7. The van der Waals surface area contributed by atoms with Gasteiger partial charge >= 0.3 is 0 Å². The topological polar surface area (TPSA) is 87.7 Å². The highest BCUT2D eigenvalue weighted by molar-refractivity contribution is 14.3. The molecule has 12 heteroatoms. The Kier molecular flexibility index (Phi) is 8.47. The molecule has 0 aliphatic carbocycles. The highest BCUT2D eigenvalue weighted by Crippen LogP contribution is 2.37. The molecular formula is C21H22FI3N6OS. The summed E-state index contributed by atoms with van der Waals surface area (Å²) in [5, 5.41) is 0.758. The molecule has 2 aliphatic rings. The maximum atomic E-state index is 13.8. The third-order valence-corrected chi connectivity index (χ3v) is 7.41. The zero-order valence-electron chi connectivity index (χ0n) is 17.6. The van der Waals surface area contributed by atoms with Crippen LogP contribution in [0, 0.1) is 0 Å². The summed E-state index contributed by atoms with van der Waals surface area (Å²) in [5.41, 5.74) is 8.08. The van der Waals surface area contributed by atoms with Crippen molar-refractivity contribution in [1.29, 1.82) is 0 Å². The van der Waals surface area contributed by atoms with Crippen molar-refractivity contribution in [3.05, 3.63) is 40.8 Å². The Morgan fingerprint density at radius 2 is 2.12 bits per heavy atom. The Morgan fingerprint density at radius 3 is 2.79 bits per heavy atom. The highest BCUT2D eigenvalue weighted by atomic mass is 127. The summed E-state index contributed by atoms with van der Waals surface area (Å²) in [4.78, 5) is 31.4. The fourth-order valence-corrected chi connectivity index (χ4v) is 5.33. The van der Waals surface area contributed by atoms with Crippen LogP contribution < -0.4 is 10.6 Å². The van der Waals surface area contributed by atoms with Crippen LogP contribution in [-0.2, 0) is 6.42 Å². The number of hydrogen-bond donors (Lipinski definition) is 1. The van der Waals surface area contributed by atoms with E-state index in [9.17, 15) is 9.18 Å². The monoisotopic (exact) mass is 806 g/mol. The molecule has 1 saturated heterocycles. The first-order valence-corrected chi connectivity index (χ1v) is 14.5. The van der Waals surface area contributed by atoms with E-state index in [1.807, 2.05) is 17.0 Å². The maximum Gasteiger partial charge on any atom is 0.270 e. The van der Waals surface area contributed by atoms with Crippen LogP contribution in [0.15, 0.2) is 35.2 Å². The fourth-order valence-electron chi connectivity index (χ4n) is 3.86. The molecule has 4 heterocycles. The zero-order chi connectivity index (χ0) is 23.6. The van der Waals surface area contributed by atoms with E-state index in [2.05, 4.69) is 77.7 Å². The molecular weight excluding hydrogens is 784 g/mol. The van der Waals surface area contributed by atoms with Crippen LogP contribution in [0.5, 0.6) is 0 Å². The minimum atomic E-state index is -0.802. The number of nitrogens with two attached hydrogens (primary N) is 1. The minimum Gasteiger partial charge on any atom is -0.403 e. The van der Waals surface area contributed by atoms with Gasteiger partial charge in [0.25, 0.3) is 5.91 Å². The summed E-state index contributed by atoms with van der Waals surface area (Å²) in [6, 6.07) is 3.85. The molecule has 2 aromatic rings. The van der Waals surface area contributed by atoms with Crippen LogP contribution >= 0.6 is 79.1 Å². The van der Waals surface area contributed by atoms with Crippen molar-refractivity contribution < 1.29 is 9.18 Å². The number of alkyl halides is 4. The Labute approximate surface area is 236 Å². The lowest BCUT2D eigenvalue weighted by Gasteiger charge is -2.29. The lowest BCUT2D eigenvalue weighted by atomic mass is 10.1. The number of allylic oxidation sites excluding steroid dienone is 1. The molecule has 7 nitrogen and oxygen atoms in total. The molecule has 0 saturated carbocycles. The number of aliphatic imine (C=N–C) groups is 1. The molecule has 1 atom stereocenters. The van der Waals surface area contributed by atoms with Gasteiger partial charge in [0.15, 0.2) is 0 Å². The predicted octanol–water partition coefficient (Wildman–Crippen LogP) is 5.32. The number of carbonyl (C=O) groups is 1. The molecule has 4 rings (SSSR count). The third-order valence-electron chi connectivity index (χ3n) is 5.44. The summed E-state index contributed by atoms with van der Waals surface area (Å²) < 4.78 is 13.4. The van der Waals surface area contributed by atoms with Crippen LogP contribution in [0.3, 0.4) is 0 Å². The Morgan fingerprint density at radius 1 is 1.30 bits per heavy atom. The molecule has 1 amide bonds. The number of thiazole rings is 1. The van der Waals surface area contributed by atoms with Gasteiger partial charge in [0.1, 0.15) is 21.9 Å². The van der Waals surface area contributed by atoms with Gasteiger partial charge in [-0.25, -0.2) is 14.4 Å². The minimum absolute atomic E-state index is 0.109. The largest absolute Gasteiger partial charge is 0.403 e. The van der Waals surface area contributed by atoms with Crippen molar-refractivity contribution in [3.8, 4) is 10.6 Å². The summed E-state index contributed by atoms with van der Waals surface area (Å²) in [6.45, 7) is 1.76. The molecule has 1 unspecified atom stereocenters. The van der Waals surface area contributed by atoms with Crippen molar-refractivity contribution >= 4 is 97.0 Å². The summed E-state index contributed by atoms with van der Waals surface area (Å²) >= 11 is 7.99. The molecule has 0 spiro atoms. The number of carbonyl (C=O) groups excluding carboxylic acids is 1. The number of nitrogens with zero attached hydrogens (tertiary/aromatic N) is 5. The number of rotatable bonds is 5. The summed E-state index contributed by atoms with van der Waals surface area (Å²) in [7, 11) is 0. The second-order valence-electron chi connectivity index (χ2n) is 7.76. The first kappa shape index (κ1) is 25.5. The van der Waals surface area contributed by atoms with Gasteiger partial charge in [0, 0.05) is 31.0 Å². The van der Waals surface area contributed by atoms with E-state index in [0.717, 1.165) is 47.9 Å². The van der Waals surface area contributed by atoms with Crippen molar-refractivity contribution in [1.82, 2.24) is 14.9 Å². The van der Waals surface area contributed by atoms with Crippen molar-refractivity contribution in [2.45, 2.75) is 31.4 Å². The average molecular weight is 806 g/mol. The van der Waals surface area contributed by atoms with Gasteiger partial charge in [-0.3, -0.25) is 9.79 Å². The number of piperidine rings is 1. The first-order chi connectivity index (χ1) is 15.7. The van der Waals surface area contributed by atoms with Crippen LogP contribution in [0.1, 0.15) is 34.6 Å². The number of anilines is 1. The number of pyridine rings is 1. The number of amides is 1. The maximum absolute atomic E-state index is 13.8. The Hall–Kier alpha value is -0.620. The standard InChI is InChI=1S/C21H22FI3N6OS/c22-14-3-1-7-30(12-14)17-6-5-13(10-27-17)19-29-16-4-2-8-31(20(32)18(16)33-19)15(9-26)11-28-21(23,24)25/h5-6,9-11,14H,1-4,7-8,12,26H2/b15-9+,28-11+. The van der Waals surface area contributed by atoms with Gasteiger partial charge in [0.2, 0.25) is -0.441 Å². The molecule has 1 fully saturated rings. The lowest BCUT2D eigenvalue weighted by molar-refractivity contribution is 0.0823. The molecule has 2 N–H and O–H groups in total. The van der Waals surface area contributed by atoms with E-state index in [1.54, 1.807) is 17.3 Å². The van der Waals surface area contributed by atoms with Crippen molar-refractivity contribution in [2.75, 3.05) is 24.5 Å². The van der Waals surface area contributed by atoms with E-state index in [-0.39, 0.29) is 5.47 Å². The number of aryl methyl sites for hydroxylation is 1. The second kappa shape index (κ2) is 11.0. The van der Waals surface area contributed by atoms with Crippen molar-refractivity contribution in [2.24, 2.45) is 10.7 Å². The summed E-state index contributed by atoms with van der Waals surface area (Å²) in [6.07, 6.45) is 6.99. The van der Waals surface area contributed by atoms with Crippen LogP contribution in [-0.4, -0.2) is 52.4 Å². The SMILES string of the molecule is N/C=C(\C=N\C(I)(I)I)N1CCCc2nc(-c3ccc(N4CCCC(F)C4)nc3)sc2C1=O. The van der Waals surface area contributed by atoms with E-state index in [0.29, 0.717) is 30.1 Å². The first-order valence-electron chi connectivity index (χ1n) is 10.5. The normalized spacial score (nSPS) is 20.3. The second-order valence-corrected chi connectivity index (χ2v) is 19.6. The van der Waals surface area contributed by atoms with Gasteiger partial charge in [0.05, 0.1) is 24.2 Å². The highest BCUT2D eigenvalue weighted by Gasteiger charge is 2.29. The predicted molar refractivity (Wildman–Crippen MR) is 157 cm³/mol. The molecule has 0 aromatic carbocycles. The molecule has 0 bridgehead atoms. The fraction of sp³-hybridized carbons (Fsp3) is 0.429. The number of aromatic nitrogens is 2. The van der Waals surface area contributed by atoms with Crippen LogP contribution in [0.4, 0.5) is 10.2 Å². The Bertz CT molecular complexity index is 1070. The zero-order valence-corrected chi connectivity index (χ0v) is 24.8. The summed E-state index contributed by atoms with van der Waals surface area (Å²) in [5.74, 6) is 0.664. The molecule has 33 heavy (non-hydrogen) atoms. The average Bonchev–Trinajstić information content (AvgIpc) is 3.15. The van der Waals surface area contributed by atoms with Gasteiger partial charge in [-0.2, -0.15) is 0 Å². The van der Waals surface area contributed by atoms with E-state index >= 15 is 0 Å². The lowest BCUT2D eigenvalue weighted by Crippen LogP contribution is -2.36. The smallest absolute Gasteiger partial charge is 0.270 e. The van der Waals surface area contributed by atoms with E-state index in [1.165, 1.54) is 17.5 Å². The number of fused-ring (bicyclic) bond motifs is 1. The van der Waals surface area contributed by atoms with Gasteiger partial charge in [-0.1, -0.05) is 0 Å². The van der Waals surface area contributed by atoms with E-state index < -0.39 is 6.17 Å². The van der Waals surface area contributed by atoms with E-state index in [4.69, 9.17) is 10.7 Å².